The van der Waals surface area contributed by atoms with Gasteiger partial charge < -0.3 is 70.4 Å². The standard InChI is InChI=1S/C24H25N5O2.C22H27N5O4.C18H29N3O2.C17H19N5O2.C10H18BrNO2.C8H12N2.C4H2N2O4/c1-15-11-19-20(12-16(15)2)29(22-21(25-19)23(30)27-24(31)26-22)14-18-9-6-10-28(18)13-17-7-4-3-5-8-17;1-12-9-15-16(10-13(12)2)27(18-17(23-15)19(28)25-20(29)24-18)11-14-7-6-8-26(14)21(30)31-22(3,4)5;1-12-9-15(19)16(10-13(12)2)20-11-14-7-6-8-21(14)17(22)23-18(3,4)5;1-9-6-12-13(7-10(9)2)22(8-11-4-3-5-18-11)15-14(19-12)16(23)21-17(24)20-15;1-10(2,3)14-9(13)12-6-4-5-8(12)7-11;1-5-3-7(9)8(10)4-6(5)2;7-1-2(8)5-4(10)6-3(1)9/h3-5,7-8,11-12,18H,6,9-10,13-14H2,1-2H3,(H,27,30,31);9-10,14H,6-8,11H2,1-5H3,(H,25,28,29);9-10,14,20H,6-8,11,19H2,1-5H3;6-7,11,18H,3-5,8H2,1-2H3,(H,21,23,24);8H,4-7H2,1-3H3;3-4H,9-10H2,1-2H3;(H2,5,6,8,9,10). The first kappa shape index (κ1) is 108. The number of nitrogens with one attached hydrogen (secondary N) is 7. The van der Waals surface area contributed by atoms with Gasteiger partial charge in [-0.15, -0.1) is 0 Å². The fraction of sp³-hybridized carbons (Fsp3) is 0.466. The molecule has 6 fully saturated rings. The number of rotatable bonds is 12. The number of nitrogen functional groups attached to an aromatic ring is 3. The molecule has 40 heteroatoms. The van der Waals surface area contributed by atoms with E-state index in [1.165, 1.54) is 27.8 Å². The number of likely N-dealkylation sites (tertiary alicyclic amines) is 4. The van der Waals surface area contributed by atoms with Crippen LogP contribution in [-0.2, 0) is 54.8 Å². The number of ether oxygens (including phenoxy) is 3. The third-order valence-electron chi connectivity index (χ3n) is 25.7. The highest BCUT2D eigenvalue weighted by Crippen LogP contribution is 2.34. The van der Waals surface area contributed by atoms with Gasteiger partial charge in [0.15, 0.2) is 34.6 Å². The topological polar surface area (TPSA) is 528 Å². The first-order valence-corrected chi connectivity index (χ1v) is 49.3. The van der Waals surface area contributed by atoms with Crippen molar-refractivity contribution in [2.75, 3.05) is 67.1 Å². The molecule has 7 amide bonds. The van der Waals surface area contributed by atoms with Gasteiger partial charge in [-0.2, -0.15) is 15.0 Å². The first-order chi connectivity index (χ1) is 67.4. The lowest BCUT2D eigenvalue weighted by atomic mass is 10.1. The maximum absolute atomic E-state index is 12.8. The molecule has 143 heavy (non-hydrogen) atoms. The van der Waals surface area contributed by atoms with Crippen LogP contribution in [0.15, 0.2) is 120 Å². The number of fused-ring (bicyclic) bond motifs is 6. The molecule has 12 aliphatic heterocycles. The van der Waals surface area contributed by atoms with Gasteiger partial charge in [0.2, 0.25) is 0 Å². The number of barbiturate groups is 1. The maximum atomic E-state index is 12.8. The van der Waals surface area contributed by atoms with Gasteiger partial charge in [-0.3, -0.25) is 59.3 Å². The van der Waals surface area contributed by atoms with Gasteiger partial charge in [0.1, 0.15) is 16.8 Å². The Kier molecular flexibility index (Phi) is 34.5. The minimum atomic E-state index is -1.25. The number of H-pyrrole nitrogens is 3. The Morgan fingerprint density at radius 2 is 0.762 bits per heavy atom. The summed E-state index contributed by atoms with van der Waals surface area (Å²) in [6, 6.07) is 30.3. The zero-order chi connectivity index (χ0) is 104. The third kappa shape index (κ3) is 27.6. The van der Waals surface area contributed by atoms with E-state index in [2.05, 4.69) is 140 Å². The second-order valence-electron chi connectivity index (χ2n) is 40.2. The van der Waals surface area contributed by atoms with E-state index in [0.717, 1.165) is 175 Å². The summed E-state index contributed by atoms with van der Waals surface area (Å²) in [6.45, 7) is 44.6. The Morgan fingerprint density at radius 1 is 0.413 bits per heavy atom. The summed E-state index contributed by atoms with van der Waals surface area (Å²) in [5.74, 6) is -2.69. The highest BCUT2D eigenvalue weighted by atomic mass is 79.9. The minimum Gasteiger partial charge on any atom is -0.444 e. The van der Waals surface area contributed by atoms with Crippen LogP contribution in [0.5, 0.6) is 0 Å². The zero-order valence-electron chi connectivity index (χ0n) is 84.9. The number of hydrogen-bond donors (Lipinski definition) is 10. The lowest BCUT2D eigenvalue weighted by molar-refractivity contribution is -0.146. The highest BCUT2D eigenvalue weighted by Gasteiger charge is 2.38. The molecule has 13 N–H and O–H groups in total. The van der Waals surface area contributed by atoms with E-state index in [-0.39, 0.29) is 59.3 Å². The number of anilines is 4. The lowest BCUT2D eigenvalue weighted by Gasteiger charge is -2.30. The Bertz CT molecular complexity index is 6970. The van der Waals surface area contributed by atoms with Gasteiger partial charge >= 0.3 is 59.0 Å². The number of amides is 7. The fourth-order valence-corrected chi connectivity index (χ4v) is 18.3. The molecule has 6 aromatic rings. The number of nitrogens with two attached hydrogens (primary N) is 3. The van der Waals surface area contributed by atoms with E-state index in [4.69, 9.17) is 31.4 Å². The molecule has 39 nitrogen and oxygen atoms in total. The molecule has 0 bridgehead atoms. The van der Waals surface area contributed by atoms with Crippen molar-refractivity contribution in [3.8, 4) is 34.6 Å². The molecule has 5 unspecified atom stereocenters. The molecule has 0 saturated carbocycles. The highest BCUT2D eigenvalue weighted by molar-refractivity contribution is 9.09. The van der Waals surface area contributed by atoms with Crippen LogP contribution in [0.3, 0.4) is 0 Å². The summed E-state index contributed by atoms with van der Waals surface area (Å²) in [6.07, 6.45) is 9.39. The average Bonchev–Trinajstić information content (AvgIpc) is 1.18. The van der Waals surface area contributed by atoms with Crippen molar-refractivity contribution >= 4 is 114 Å². The molecule has 762 valence electrons. The number of imide groups is 2. The first-order valence-electron chi connectivity index (χ1n) is 48.1. The number of alkyl halides is 1. The van der Waals surface area contributed by atoms with Crippen molar-refractivity contribution in [3.05, 3.63) is 215 Å². The van der Waals surface area contributed by atoms with E-state index in [1.807, 2.05) is 183 Å². The number of ketones is 1. The third-order valence-corrected chi connectivity index (χ3v) is 26.5. The van der Waals surface area contributed by atoms with Crippen LogP contribution >= 0.6 is 15.9 Å². The average molecular weight is 2030 g/mol. The normalized spacial score (nSPS) is 17.5. The van der Waals surface area contributed by atoms with E-state index in [1.54, 1.807) is 15.5 Å². The van der Waals surface area contributed by atoms with Gasteiger partial charge in [-0.1, -0.05) is 46.3 Å². The quantitative estimate of drug-likeness (QED) is 0.0178. The van der Waals surface area contributed by atoms with Crippen LogP contribution in [0, 0.1) is 69.2 Å². The second kappa shape index (κ2) is 45.8. The molecule has 5 atom stereocenters. The zero-order valence-corrected chi connectivity index (χ0v) is 86.4. The van der Waals surface area contributed by atoms with Crippen molar-refractivity contribution in [1.29, 1.82) is 0 Å². The van der Waals surface area contributed by atoms with Crippen LogP contribution in [0.4, 0.5) is 41.9 Å². The number of benzene rings is 6. The number of halogens is 1. The van der Waals surface area contributed by atoms with E-state index < -0.39 is 74.2 Å². The number of aryl methyl sites for hydroxylation is 10. The molecule has 0 aliphatic carbocycles. The van der Waals surface area contributed by atoms with Crippen molar-refractivity contribution in [1.82, 2.24) is 94.1 Å². The van der Waals surface area contributed by atoms with Crippen LogP contribution < -0.4 is 72.2 Å². The minimum absolute atomic E-state index is 0.108. The number of aromatic nitrogens is 12. The van der Waals surface area contributed by atoms with Gasteiger partial charge in [0.05, 0.1) is 67.9 Å². The Morgan fingerprint density at radius 3 is 1.17 bits per heavy atom. The smallest absolute Gasteiger partial charge is 0.410 e. The fourth-order valence-electron chi connectivity index (χ4n) is 17.7. The Balaban J connectivity index is 0.000000154. The lowest BCUT2D eigenvalue weighted by Crippen LogP contribution is -2.56. The molecule has 6 saturated heterocycles. The SMILES string of the molecule is CC(C)(C)OC(=O)N1CCCC1CBr.Cc1cc(N)c(N)cc1C.Cc1cc(N)c(NCC2CCCN2C(=O)OC(C)(C)C)cc1C.Cc1cc2nc3c(=O)[nH]c(=O)nc-3n(CC3CCCN3)c2cc1C.Cc1cc2nc3c(=O)[nH]c(=O)nc-3n(CC3CCCN3C(=O)OC(C)(C)C)c2cc1C.Cc1cc2nc3c(=O)[nH]c(=O)nc-3n(CC3CCCN3Cc3ccccc3)c2cc1C.O=C1NC(=O)C(=O)C(=O)N1. The molecule has 12 aliphatic rings. The molecule has 12 heterocycles. The molecule has 0 aromatic heterocycles. The predicted molar refractivity (Wildman–Crippen MR) is 554 cm³/mol. The Hall–Kier alpha value is -14.2. The molecular weight excluding hydrogens is 1900 g/mol. The van der Waals surface area contributed by atoms with E-state index in [0.29, 0.717) is 73.3 Å². The molecule has 6 aromatic carbocycles. The Labute approximate surface area is 836 Å². The molecule has 0 radical (unpaired) electrons. The van der Waals surface area contributed by atoms with Crippen molar-refractivity contribution in [2.24, 2.45) is 0 Å². The van der Waals surface area contributed by atoms with Crippen molar-refractivity contribution in [2.45, 2.75) is 269 Å². The maximum Gasteiger partial charge on any atom is 0.410 e. The number of carbonyl (C=O) groups is 7. The number of hydrogen-bond acceptors (Lipinski definition) is 28. The second-order valence-corrected chi connectivity index (χ2v) is 40.9. The number of urea groups is 1. The molecule has 18 rings (SSSR count). The van der Waals surface area contributed by atoms with Crippen molar-refractivity contribution in [3.63, 3.8) is 0 Å². The van der Waals surface area contributed by atoms with Crippen LogP contribution in [0.25, 0.3) is 67.7 Å². The van der Waals surface area contributed by atoms with Gasteiger partial charge in [-0.05, 0) is 331 Å². The van der Waals surface area contributed by atoms with Crippen LogP contribution in [-0.4, -0.2) is 212 Å². The number of aromatic amines is 3. The number of Topliss-reactive ketones (excluding diaryl/α,β-unsaturated/α-hetero) is 1. The summed E-state index contributed by atoms with van der Waals surface area (Å²) in [5, 5.41) is 10.9. The summed E-state index contributed by atoms with van der Waals surface area (Å²) < 4.78 is 22.2. The predicted octanol–water partition coefficient (Wildman–Crippen LogP) is 12.3. The van der Waals surface area contributed by atoms with Crippen LogP contribution in [0.2, 0.25) is 0 Å². The van der Waals surface area contributed by atoms with Gasteiger partial charge in [-0.25, -0.2) is 48.5 Å². The monoisotopic (exact) mass is 2030 g/mol. The van der Waals surface area contributed by atoms with Crippen molar-refractivity contribution < 1.29 is 47.8 Å². The summed E-state index contributed by atoms with van der Waals surface area (Å²) in [4.78, 5) is 191. The molecular formula is C103H132BrN23O16. The summed E-state index contributed by atoms with van der Waals surface area (Å²) in [5.41, 5.74) is 33.2. The summed E-state index contributed by atoms with van der Waals surface area (Å²) in [7, 11) is 0. The van der Waals surface area contributed by atoms with Gasteiger partial charge in [0, 0.05) is 75.8 Å². The van der Waals surface area contributed by atoms with Crippen LogP contribution in [0.1, 0.15) is 188 Å². The van der Waals surface area contributed by atoms with E-state index in [9.17, 15) is 62.3 Å². The number of carbonyl (C=O) groups excluding carboxylic acids is 7. The summed E-state index contributed by atoms with van der Waals surface area (Å²) >= 11 is 3.42. The van der Waals surface area contributed by atoms with Gasteiger partial charge in [0.25, 0.3) is 16.7 Å². The largest absolute Gasteiger partial charge is 0.444 e. The molecule has 0 spiro atoms. The van der Waals surface area contributed by atoms with E-state index >= 15 is 0 Å². The number of nitrogens with zero attached hydrogens (tertiary/aromatic N) is 13.